The molecule has 2 aromatic rings. The van der Waals surface area contributed by atoms with Crippen molar-refractivity contribution in [3.05, 3.63) is 74.9 Å². The molecule has 25 heavy (non-hydrogen) atoms. The van der Waals surface area contributed by atoms with Gasteiger partial charge in [-0.3, -0.25) is 4.79 Å². The molecule has 0 fully saturated rings. The van der Waals surface area contributed by atoms with E-state index >= 15 is 0 Å². The van der Waals surface area contributed by atoms with Crippen LogP contribution in [-0.2, 0) is 4.79 Å². The molecule has 3 amide bonds. The predicted molar refractivity (Wildman–Crippen MR) is 101 cm³/mol. The molecule has 1 aliphatic rings. The first kappa shape index (κ1) is 17.5. The van der Waals surface area contributed by atoms with E-state index in [1.165, 1.54) is 0 Å². The van der Waals surface area contributed by atoms with Crippen LogP contribution in [0.2, 0.25) is 5.02 Å². The van der Waals surface area contributed by atoms with Crippen LogP contribution in [0.3, 0.4) is 0 Å². The fraction of sp³-hybridized carbons (Fsp3) is 0.111. The Kier molecular flexibility index (Phi) is 5.11. The van der Waals surface area contributed by atoms with Crippen LogP contribution in [0.25, 0.3) is 0 Å². The normalized spacial score (nSPS) is 16.9. The molecule has 128 valence electrons. The summed E-state index contributed by atoms with van der Waals surface area (Å²) in [5.74, 6) is -0.294. The van der Waals surface area contributed by atoms with E-state index in [0.29, 0.717) is 22.0 Å². The molecular weight excluding hydrogens is 406 g/mol. The number of carbonyl (C=O) groups is 2. The van der Waals surface area contributed by atoms with E-state index < -0.39 is 6.04 Å². The lowest BCUT2D eigenvalue weighted by Crippen LogP contribution is -2.45. The lowest BCUT2D eigenvalue weighted by atomic mass is 9.95. The summed E-state index contributed by atoms with van der Waals surface area (Å²) in [5.41, 5.74) is 2.40. The smallest absolute Gasteiger partial charge is 0.319 e. The van der Waals surface area contributed by atoms with Gasteiger partial charge in [0.2, 0.25) is 0 Å². The van der Waals surface area contributed by atoms with Gasteiger partial charge in [-0.25, -0.2) is 4.79 Å². The zero-order chi connectivity index (χ0) is 18.0. The number of hydrogen-bond donors (Lipinski definition) is 3. The number of allylic oxidation sites excluding steroid dienone is 1. The van der Waals surface area contributed by atoms with Crippen LogP contribution in [0.15, 0.2) is 64.3 Å². The molecule has 7 heteroatoms. The number of hydrogen-bond acceptors (Lipinski definition) is 2. The predicted octanol–water partition coefficient (Wildman–Crippen LogP) is 4.37. The molecule has 0 aliphatic carbocycles. The quantitative estimate of drug-likeness (QED) is 0.690. The van der Waals surface area contributed by atoms with Crippen LogP contribution in [0.1, 0.15) is 18.5 Å². The highest BCUT2D eigenvalue weighted by molar-refractivity contribution is 9.10. The molecule has 0 spiro atoms. The summed E-state index contributed by atoms with van der Waals surface area (Å²) in [7, 11) is 0. The number of benzene rings is 2. The molecule has 5 nitrogen and oxygen atoms in total. The third-order valence-electron chi connectivity index (χ3n) is 3.80. The Morgan fingerprint density at radius 1 is 1.20 bits per heavy atom. The largest absolute Gasteiger partial charge is 0.327 e. The third kappa shape index (κ3) is 4.03. The minimum atomic E-state index is -0.543. The van der Waals surface area contributed by atoms with Crippen LogP contribution >= 0.6 is 27.5 Å². The van der Waals surface area contributed by atoms with Gasteiger partial charge in [-0.1, -0.05) is 39.7 Å². The number of carbonyl (C=O) groups excluding carboxylic acids is 2. The number of amides is 3. The van der Waals surface area contributed by atoms with Gasteiger partial charge in [-0.15, -0.1) is 0 Å². The van der Waals surface area contributed by atoms with Gasteiger partial charge in [-0.05, 0) is 48.9 Å². The van der Waals surface area contributed by atoms with E-state index in [0.717, 1.165) is 10.0 Å². The standard InChI is InChI=1S/C18H15BrClN3O2/c1-10-15(17(24)22-14-7-5-13(20)6-8-14)16(23-18(25)21-10)11-3-2-4-12(19)9-11/h2-9,16H,1H3,(H,22,24)(H2,21,23,25)/t16-/m1/s1. The van der Waals surface area contributed by atoms with Gasteiger partial charge in [0.1, 0.15) is 0 Å². The fourth-order valence-electron chi connectivity index (χ4n) is 2.66. The maximum Gasteiger partial charge on any atom is 0.319 e. The minimum Gasteiger partial charge on any atom is -0.327 e. The average Bonchev–Trinajstić information content (AvgIpc) is 2.56. The summed E-state index contributed by atoms with van der Waals surface area (Å²) in [6.45, 7) is 1.71. The maximum atomic E-state index is 12.8. The first-order chi connectivity index (χ1) is 11.9. The molecule has 0 saturated heterocycles. The lowest BCUT2D eigenvalue weighted by molar-refractivity contribution is -0.113. The minimum absolute atomic E-state index is 0.294. The van der Waals surface area contributed by atoms with E-state index in [4.69, 9.17) is 11.6 Å². The highest BCUT2D eigenvalue weighted by Crippen LogP contribution is 2.29. The van der Waals surface area contributed by atoms with E-state index in [1.807, 2.05) is 24.3 Å². The van der Waals surface area contributed by atoms with Gasteiger partial charge in [0.05, 0.1) is 11.6 Å². The van der Waals surface area contributed by atoms with Crippen LogP contribution in [0, 0.1) is 0 Å². The van der Waals surface area contributed by atoms with E-state index in [-0.39, 0.29) is 11.9 Å². The van der Waals surface area contributed by atoms with Gasteiger partial charge in [-0.2, -0.15) is 0 Å². The van der Waals surface area contributed by atoms with Gasteiger partial charge < -0.3 is 16.0 Å². The van der Waals surface area contributed by atoms with Crippen molar-refractivity contribution in [1.82, 2.24) is 10.6 Å². The van der Waals surface area contributed by atoms with Crippen molar-refractivity contribution < 1.29 is 9.59 Å². The molecule has 1 heterocycles. The molecule has 0 saturated carbocycles. The topological polar surface area (TPSA) is 70.2 Å². The second kappa shape index (κ2) is 7.29. The summed E-state index contributed by atoms with van der Waals surface area (Å²) in [6.07, 6.45) is 0. The average molecular weight is 421 g/mol. The number of anilines is 1. The van der Waals surface area contributed by atoms with Gasteiger partial charge >= 0.3 is 6.03 Å². The Balaban J connectivity index is 1.94. The van der Waals surface area contributed by atoms with Crippen LogP contribution in [-0.4, -0.2) is 11.9 Å². The molecule has 0 bridgehead atoms. The fourth-order valence-corrected chi connectivity index (χ4v) is 3.21. The SMILES string of the molecule is CC1=C(C(=O)Nc2ccc(Cl)cc2)[C@@H](c2cccc(Br)c2)NC(=O)N1. The molecule has 0 unspecified atom stereocenters. The zero-order valence-electron chi connectivity index (χ0n) is 13.3. The van der Waals surface area contributed by atoms with Crippen LogP contribution in [0.5, 0.6) is 0 Å². The summed E-state index contributed by atoms with van der Waals surface area (Å²) < 4.78 is 0.868. The summed E-state index contributed by atoms with van der Waals surface area (Å²) in [4.78, 5) is 24.7. The second-order valence-electron chi connectivity index (χ2n) is 5.59. The van der Waals surface area contributed by atoms with Gasteiger partial charge in [0.25, 0.3) is 5.91 Å². The summed E-state index contributed by atoms with van der Waals surface area (Å²) >= 11 is 9.29. The van der Waals surface area contributed by atoms with Crippen molar-refractivity contribution in [1.29, 1.82) is 0 Å². The van der Waals surface area contributed by atoms with E-state index in [9.17, 15) is 9.59 Å². The first-order valence-corrected chi connectivity index (χ1v) is 8.72. The Morgan fingerprint density at radius 3 is 2.60 bits per heavy atom. The molecular formula is C18H15BrClN3O2. The zero-order valence-corrected chi connectivity index (χ0v) is 15.6. The molecule has 1 aliphatic heterocycles. The summed E-state index contributed by atoms with van der Waals surface area (Å²) in [5, 5.41) is 8.89. The third-order valence-corrected chi connectivity index (χ3v) is 4.54. The Morgan fingerprint density at radius 2 is 1.92 bits per heavy atom. The molecule has 1 atom stereocenters. The Labute approximate surface area is 158 Å². The van der Waals surface area contributed by atoms with Crippen molar-refractivity contribution >= 4 is 45.2 Å². The molecule has 3 rings (SSSR count). The number of halogens is 2. The van der Waals surface area contributed by atoms with Crippen molar-refractivity contribution in [3.63, 3.8) is 0 Å². The highest BCUT2D eigenvalue weighted by Gasteiger charge is 2.31. The monoisotopic (exact) mass is 419 g/mol. The van der Waals surface area contributed by atoms with Crippen molar-refractivity contribution in [2.75, 3.05) is 5.32 Å². The molecule has 0 radical (unpaired) electrons. The molecule has 3 N–H and O–H groups in total. The van der Waals surface area contributed by atoms with E-state index in [1.54, 1.807) is 31.2 Å². The number of nitrogens with one attached hydrogen (secondary N) is 3. The van der Waals surface area contributed by atoms with Crippen LogP contribution in [0.4, 0.5) is 10.5 Å². The second-order valence-corrected chi connectivity index (χ2v) is 6.94. The maximum absolute atomic E-state index is 12.8. The molecule has 0 aromatic heterocycles. The first-order valence-electron chi connectivity index (χ1n) is 7.54. The van der Waals surface area contributed by atoms with Crippen molar-refractivity contribution in [2.24, 2.45) is 0 Å². The lowest BCUT2D eigenvalue weighted by Gasteiger charge is -2.28. The Bertz CT molecular complexity index is 865. The number of urea groups is 1. The van der Waals surface area contributed by atoms with E-state index in [2.05, 4.69) is 31.9 Å². The number of rotatable bonds is 3. The molecule has 2 aromatic carbocycles. The van der Waals surface area contributed by atoms with Crippen LogP contribution < -0.4 is 16.0 Å². The van der Waals surface area contributed by atoms with Crippen molar-refractivity contribution in [3.8, 4) is 0 Å². The van der Waals surface area contributed by atoms with Crippen molar-refractivity contribution in [2.45, 2.75) is 13.0 Å². The highest BCUT2D eigenvalue weighted by atomic mass is 79.9. The summed E-state index contributed by atoms with van der Waals surface area (Å²) in [6, 6.07) is 13.4. The van der Waals surface area contributed by atoms with Gasteiger partial charge in [0, 0.05) is 20.9 Å². The van der Waals surface area contributed by atoms with Gasteiger partial charge in [0.15, 0.2) is 0 Å². The Hall–Kier alpha value is -2.31.